The van der Waals surface area contributed by atoms with Gasteiger partial charge in [0.25, 0.3) is 0 Å². The van der Waals surface area contributed by atoms with Crippen LogP contribution in [0.15, 0.2) is 0 Å². The largest absolute Gasteiger partial charge is 0.271 e. The Morgan fingerprint density at radius 2 is 1.73 bits per heavy atom. The number of nitrogens with one attached hydrogen (secondary N) is 1. The van der Waals surface area contributed by atoms with Crippen LogP contribution >= 0.6 is 0 Å². The summed E-state index contributed by atoms with van der Waals surface area (Å²) >= 11 is 0. The van der Waals surface area contributed by atoms with Crippen molar-refractivity contribution in [1.29, 1.82) is 0 Å². The van der Waals surface area contributed by atoms with Gasteiger partial charge in [-0.25, -0.2) is 0 Å². The second-order valence-corrected chi connectivity index (χ2v) is 5.55. The number of hydrogen-bond donors (Lipinski definition) is 2. The molecule has 0 spiro atoms. The summed E-state index contributed by atoms with van der Waals surface area (Å²) in [6.45, 7) is 0. The molecule has 0 heterocycles. The van der Waals surface area contributed by atoms with E-state index in [2.05, 4.69) is 5.43 Å². The SMILES string of the molecule is NNC(CCC1CCCCC1)C1CCC1. The molecule has 2 heteroatoms. The van der Waals surface area contributed by atoms with Crippen molar-refractivity contribution in [1.82, 2.24) is 5.43 Å². The van der Waals surface area contributed by atoms with Gasteiger partial charge in [0, 0.05) is 6.04 Å². The quantitative estimate of drug-likeness (QED) is 0.541. The van der Waals surface area contributed by atoms with Crippen molar-refractivity contribution in [3.8, 4) is 0 Å². The van der Waals surface area contributed by atoms with Gasteiger partial charge in [0.15, 0.2) is 0 Å². The molecule has 0 bridgehead atoms. The van der Waals surface area contributed by atoms with Gasteiger partial charge in [-0.1, -0.05) is 38.5 Å². The molecule has 0 saturated heterocycles. The number of rotatable bonds is 5. The molecule has 0 radical (unpaired) electrons. The highest BCUT2D eigenvalue weighted by atomic mass is 15.2. The standard InChI is InChI=1S/C13H26N2/c14-15-13(12-7-4-8-12)10-9-11-5-2-1-3-6-11/h11-13,15H,1-10,14H2. The third-order valence-corrected chi connectivity index (χ3v) is 4.54. The maximum Gasteiger partial charge on any atom is 0.0238 e. The van der Waals surface area contributed by atoms with Crippen molar-refractivity contribution in [3.63, 3.8) is 0 Å². The highest BCUT2D eigenvalue weighted by Crippen LogP contribution is 2.33. The Kier molecular flexibility index (Phi) is 4.45. The van der Waals surface area contributed by atoms with E-state index in [1.54, 1.807) is 0 Å². The van der Waals surface area contributed by atoms with E-state index in [4.69, 9.17) is 5.84 Å². The zero-order chi connectivity index (χ0) is 10.5. The zero-order valence-corrected chi connectivity index (χ0v) is 9.88. The minimum absolute atomic E-state index is 0.612. The van der Waals surface area contributed by atoms with Crippen molar-refractivity contribution >= 4 is 0 Å². The Bertz CT molecular complexity index is 171. The molecule has 2 aliphatic carbocycles. The van der Waals surface area contributed by atoms with Crippen LogP contribution in [0.5, 0.6) is 0 Å². The van der Waals surface area contributed by atoms with Gasteiger partial charge in [-0.05, 0) is 37.5 Å². The second kappa shape index (κ2) is 5.86. The van der Waals surface area contributed by atoms with Crippen molar-refractivity contribution in [3.05, 3.63) is 0 Å². The molecule has 3 N–H and O–H groups in total. The summed E-state index contributed by atoms with van der Waals surface area (Å²) in [5, 5.41) is 0. The van der Waals surface area contributed by atoms with Crippen LogP contribution in [0.1, 0.15) is 64.2 Å². The summed E-state index contributed by atoms with van der Waals surface area (Å²) in [7, 11) is 0. The van der Waals surface area contributed by atoms with Gasteiger partial charge >= 0.3 is 0 Å². The summed E-state index contributed by atoms with van der Waals surface area (Å²) in [5.74, 6) is 7.55. The molecule has 0 aromatic rings. The lowest BCUT2D eigenvalue weighted by molar-refractivity contribution is 0.203. The number of hydrazine groups is 1. The minimum atomic E-state index is 0.612. The smallest absolute Gasteiger partial charge is 0.0238 e. The van der Waals surface area contributed by atoms with E-state index in [0.717, 1.165) is 11.8 Å². The van der Waals surface area contributed by atoms with Gasteiger partial charge in [-0.15, -0.1) is 0 Å². The maximum absolute atomic E-state index is 5.65. The fourth-order valence-corrected chi connectivity index (χ4v) is 3.19. The van der Waals surface area contributed by atoms with Crippen LogP contribution in [-0.2, 0) is 0 Å². The predicted octanol–water partition coefficient (Wildman–Crippen LogP) is 2.98. The molecule has 2 fully saturated rings. The average molecular weight is 210 g/mol. The minimum Gasteiger partial charge on any atom is -0.271 e. The number of nitrogens with two attached hydrogens (primary N) is 1. The van der Waals surface area contributed by atoms with Crippen LogP contribution in [0.2, 0.25) is 0 Å². The lowest BCUT2D eigenvalue weighted by Gasteiger charge is -2.34. The van der Waals surface area contributed by atoms with Gasteiger partial charge in [-0.3, -0.25) is 11.3 Å². The Morgan fingerprint density at radius 3 is 2.27 bits per heavy atom. The first-order valence-electron chi connectivity index (χ1n) is 6.86. The van der Waals surface area contributed by atoms with E-state index >= 15 is 0 Å². The van der Waals surface area contributed by atoms with Crippen molar-refractivity contribution in [2.75, 3.05) is 0 Å². The molecule has 1 atom stereocenters. The van der Waals surface area contributed by atoms with E-state index in [9.17, 15) is 0 Å². The van der Waals surface area contributed by atoms with Crippen molar-refractivity contribution in [2.45, 2.75) is 70.3 Å². The topological polar surface area (TPSA) is 38.0 Å². The molecule has 15 heavy (non-hydrogen) atoms. The van der Waals surface area contributed by atoms with Gasteiger partial charge < -0.3 is 0 Å². The highest BCUT2D eigenvalue weighted by molar-refractivity contribution is 4.82. The van der Waals surface area contributed by atoms with Gasteiger partial charge in [0.2, 0.25) is 0 Å². The summed E-state index contributed by atoms with van der Waals surface area (Å²) in [4.78, 5) is 0. The molecule has 2 aliphatic rings. The number of hydrogen-bond acceptors (Lipinski definition) is 2. The molecule has 1 unspecified atom stereocenters. The fraction of sp³-hybridized carbons (Fsp3) is 1.00. The van der Waals surface area contributed by atoms with E-state index in [1.807, 2.05) is 0 Å². The first kappa shape index (κ1) is 11.4. The third-order valence-electron chi connectivity index (χ3n) is 4.54. The fourth-order valence-electron chi connectivity index (χ4n) is 3.19. The van der Waals surface area contributed by atoms with Gasteiger partial charge in [0.1, 0.15) is 0 Å². The van der Waals surface area contributed by atoms with Crippen molar-refractivity contribution < 1.29 is 0 Å². The van der Waals surface area contributed by atoms with Crippen LogP contribution in [0.25, 0.3) is 0 Å². The molecule has 0 aromatic heterocycles. The molecule has 2 rings (SSSR count). The first-order valence-corrected chi connectivity index (χ1v) is 6.86. The van der Waals surface area contributed by atoms with E-state index in [0.29, 0.717) is 6.04 Å². The summed E-state index contributed by atoms with van der Waals surface area (Å²) in [6.07, 6.45) is 14.3. The maximum atomic E-state index is 5.65. The Morgan fingerprint density at radius 1 is 1.00 bits per heavy atom. The summed E-state index contributed by atoms with van der Waals surface area (Å²) in [5.41, 5.74) is 3.04. The highest BCUT2D eigenvalue weighted by Gasteiger charge is 2.27. The molecule has 2 saturated carbocycles. The predicted molar refractivity (Wildman–Crippen MR) is 64.3 cm³/mol. The zero-order valence-electron chi connectivity index (χ0n) is 9.88. The van der Waals surface area contributed by atoms with Crippen LogP contribution in [0.4, 0.5) is 0 Å². The third kappa shape index (κ3) is 3.18. The Balaban J connectivity index is 1.65. The molecule has 0 aromatic carbocycles. The molecule has 0 amide bonds. The molecule has 2 nitrogen and oxygen atoms in total. The van der Waals surface area contributed by atoms with Gasteiger partial charge in [0.05, 0.1) is 0 Å². The first-order chi connectivity index (χ1) is 7.40. The average Bonchev–Trinajstić information content (AvgIpc) is 2.23. The molecule has 0 aliphatic heterocycles. The van der Waals surface area contributed by atoms with E-state index in [-0.39, 0.29) is 0 Å². The van der Waals surface area contributed by atoms with Crippen LogP contribution < -0.4 is 11.3 Å². The summed E-state index contributed by atoms with van der Waals surface area (Å²) in [6, 6.07) is 0.612. The van der Waals surface area contributed by atoms with E-state index < -0.39 is 0 Å². The normalized spacial score (nSPS) is 26.2. The van der Waals surface area contributed by atoms with E-state index in [1.165, 1.54) is 64.2 Å². The monoisotopic (exact) mass is 210 g/mol. The second-order valence-electron chi connectivity index (χ2n) is 5.55. The van der Waals surface area contributed by atoms with Crippen LogP contribution in [0.3, 0.4) is 0 Å². The molecular weight excluding hydrogens is 184 g/mol. The Hall–Kier alpha value is -0.0800. The molecular formula is C13H26N2. The van der Waals surface area contributed by atoms with Crippen molar-refractivity contribution in [2.24, 2.45) is 17.7 Å². The Labute approximate surface area is 94.0 Å². The van der Waals surface area contributed by atoms with Gasteiger partial charge in [-0.2, -0.15) is 0 Å². The lowest BCUT2D eigenvalue weighted by atomic mass is 9.76. The van der Waals surface area contributed by atoms with Crippen LogP contribution in [0, 0.1) is 11.8 Å². The summed E-state index contributed by atoms with van der Waals surface area (Å²) < 4.78 is 0. The van der Waals surface area contributed by atoms with Crippen LogP contribution in [-0.4, -0.2) is 6.04 Å². The lowest BCUT2D eigenvalue weighted by Crippen LogP contribution is -2.43. The molecule has 88 valence electrons.